The first-order valence-electron chi connectivity index (χ1n) is 9.06. The van der Waals surface area contributed by atoms with E-state index in [-0.39, 0.29) is 23.2 Å². The van der Waals surface area contributed by atoms with E-state index in [0.29, 0.717) is 15.8 Å². The Morgan fingerprint density at radius 2 is 1.70 bits per heavy atom. The molecule has 0 aliphatic carbocycles. The number of benzene rings is 3. The van der Waals surface area contributed by atoms with E-state index < -0.39 is 23.9 Å². The molecule has 0 aliphatic heterocycles. The summed E-state index contributed by atoms with van der Waals surface area (Å²) < 4.78 is 59.1. The molecular formula is C22H16F4N2O2. The van der Waals surface area contributed by atoms with Crippen LogP contribution in [0.4, 0.5) is 23.2 Å². The van der Waals surface area contributed by atoms with Crippen molar-refractivity contribution < 1.29 is 22.0 Å². The van der Waals surface area contributed by atoms with Gasteiger partial charge < -0.3 is 9.73 Å². The molecule has 4 aromatic rings. The van der Waals surface area contributed by atoms with E-state index in [1.807, 2.05) is 0 Å². The van der Waals surface area contributed by atoms with Crippen LogP contribution < -0.4 is 11.1 Å². The Labute approximate surface area is 168 Å². The van der Waals surface area contributed by atoms with E-state index in [0.717, 1.165) is 11.1 Å². The minimum atomic E-state index is -3.01. The Balaban J connectivity index is 1.62. The fraction of sp³-hybridized carbons (Fsp3) is 0.136. The Morgan fingerprint density at radius 3 is 2.33 bits per heavy atom. The number of halogens is 4. The summed E-state index contributed by atoms with van der Waals surface area (Å²) >= 11 is 0. The lowest BCUT2D eigenvalue weighted by Gasteiger charge is -2.11. The largest absolute Gasteiger partial charge is 0.424 e. The van der Waals surface area contributed by atoms with Gasteiger partial charge in [-0.15, -0.1) is 0 Å². The Bertz CT molecular complexity index is 1260. The Morgan fingerprint density at radius 1 is 1.03 bits per heavy atom. The van der Waals surface area contributed by atoms with Crippen molar-refractivity contribution >= 4 is 16.8 Å². The third-order valence-corrected chi connectivity index (χ3v) is 4.88. The lowest BCUT2D eigenvalue weighted by Crippen LogP contribution is -2.14. The van der Waals surface area contributed by atoms with E-state index in [1.165, 1.54) is 30.3 Å². The molecule has 0 fully saturated rings. The summed E-state index contributed by atoms with van der Waals surface area (Å²) in [5, 5.41) is 2.95. The number of rotatable bonds is 5. The summed E-state index contributed by atoms with van der Waals surface area (Å²) in [5.74, 6) is -2.38. The number of anilines is 1. The number of aryl methyl sites for hydroxylation is 1. The van der Waals surface area contributed by atoms with Gasteiger partial charge in [0.15, 0.2) is 5.58 Å². The average molecular weight is 416 g/mol. The Kier molecular flexibility index (Phi) is 5.07. The van der Waals surface area contributed by atoms with Crippen LogP contribution in [0.3, 0.4) is 0 Å². The first-order chi connectivity index (χ1) is 14.3. The van der Waals surface area contributed by atoms with Crippen molar-refractivity contribution in [3.8, 4) is 11.1 Å². The first-order valence-corrected chi connectivity index (χ1v) is 9.06. The maximum absolute atomic E-state index is 13.7. The lowest BCUT2D eigenvalue weighted by atomic mass is 9.99. The highest BCUT2D eigenvalue weighted by molar-refractivity contribution is 5.83. The normalized spacial score (nSPS) is 11.4. The van der Waals surface area contributed by atoms with Crippen LogP contribution in [0, 0.1) is 18.6 Å². The summed E-state index contributed by atoms with van der Waals surface area (Å²) in [4.78, 5) is 11.7. The van der Waals surface area contributed by atoms with E-state index in [2.05, 4.69) is 5.32 Å². The van der Waals surface area contributed by atoms with E-state index >= 15 is 0 Å². The molecule has 0 saturated carbocycles. The van der Waals surface area contributed by atoms with E-state index in [9.17, 15) is 22.4 Å². The van der Waals surface area contributed by atoms with Gasteiger partial charge in [-0.3, -0.25) is 0 Å². The van der Waals surface area contributed by atoms with Gasteiger partial charge in [-0.2, -0.15) is 8.78 Å². The molecule has 8 heteroatoms. The molecule has 0 bridgehead atoms. The molecule has 4 rings (SSSR count). The molecule has 0 spiro atoms. The minimum Gasteiger partial charge on any atom is -0.408 e. The SMILES string of the molecule is Cc1cc2oc(=O)n(C(F)F)c2cc1-c1ccc(NCc2c(F)cccc2F)cc1. The van der Waals surface area contributed by atoms with Gasteiger partial charge in [0.1, 0.15) is 11.6 Å². The van der Waals surface area contributed by atoms with Crippen LogP contribution >= 0.6 is 0 Å². The fourth-order valence-electron chi connectivity index (χ4n) is 3.34. The number of fused-ring (bicyclic) bond motifs is 1. The molecule has 0 atom stereocenters. The zero-order chi connectivity index (χ0) is 21.4. The highest BCUT2D eigenvalue weighted by Crippen LogP contribution is 2.30. The number of nitrogens with one attached hydrogen (secondary N) is 1. The standard InChI is InChI=1S/C22H16F4N2O2/c1-12-9-20-19(28(21(25)26)22(29)30-20)10-15(12)13-5-7-14(8-6-13)27-11-16-17(23)3-2-4-18(16)24/h2-10,21,27H,11H2,1H3. The van der Waals surface area contributed by atoms with Gasteiger partial charge in [0.25, 0.3) is 0 Å². The van der Waals surface area contributed by atoms with Crippen LogP contribution in [0.5, 0.6) is 0 Å². The molecular weight excluding hydrogens is 400 g/mol. The zero-order valence-electron chi connectivity index (χ0n) is 15.8. The van der Waals surface area contributed by atoms with Crippen molar-refractivity contribution in [1.82, 2.24) is 4.57 Å². The number of oxazole rings is 1. The van der Waals surface area contributed by atoms with Gasteiger partial charge >= 0.3 is 12.3 Å². The van der Waals surface area contributed by atoms with Crippen LogP contribution in [0.1, 0.15) is 17.7 Å². The highest BCUT2D eigenvalue weighted by Gasteiger charge is 2.18. The third kappa shape index (κ3) is 3.56. The van der Waals surface area contributed by atoms with Crippen molar-refractivity contribution in [2.24, 2.45) is 0 Å². The lowest BCUT2D eigenvalue weighted by molar-refractivity contribution is 0.0670. The van der Waals surface area contributed by atoms with Crippen molar-refractivity contribution in [3.05, 3.63) is 87.9 Å². The van der Waals surface area contributed by atoms with Crippen molar-refractivity contribution in [2.75, 3.05) is 5.32 Å². The molecule has 4 nitrogen and oxygen atoms in total. The highest BCUT2D eigenvalue weighted by atomic mass is 19.3. The quantitative estimate of drug-likeness (QED) is 0.415. The molecule has 1 N–H and O–H groups in total. The van der Waals surface area contributed by atoms with Crippen LogP contribution in [-0.4, -0.2) is 4.57 Å². The molecule has 154 valence electrons. The summed E-state index contributed by atoms with van der Waals surface area (Å²) in [6, 6.07) is 13.6. The monoisotopic (exact) mass is 416 g/mol. The molecule has 0 amide bonds. The summed E-state index contributed by atoms with van der Waals surface area (Å²) in [5.41, 5.74) is 2.79. The van der Waals surface area contributed by atoms with Gasteiger partial charge in [0, 0.05) is 17.8 Å². The van der Waals surface area contributed by atoms with Gasteiger partial charge in [-0.05, 0) is 60.0 Å². The maximum Gasteiger partial charge on any atom is 0.424 e. The summed E-state index contributed by atoms with van der Waals surface area (Å²) in [6.07, 6.45) is 0. The topological polar surface area (TPSA) is 47.2 Å². The van der Waals surface area contributed by atoms with Gasteiger partial charge in [-0.1, -0.05) is 18.2 Å². The van der Waals surface area contributed by atoms with Crippen LogP contribution in [0.25, 0.3) is 22.2 Å². The van der Waals surface area contributed by atoms with Crippen molar-refractivity contribution in [3.63, 3.8) is 0 Å². The molecule has 0 radical (unpaired) electrons. The van der Waals surface area contributed by atoms with Crippen LogP contribution in [0.15, 0.2) is 63.8 Å². The van der Waals surface area contributed by atoms with Crippen molar-refractivity contribution in [1.29, 1.82) is 0 Å². The maximum atomic E-state index is 13.7. The van der Waals surface area contributed by atoms with Crippen molar-refractivity contribution in [2.45, 2.75) is 20.0 Å². The van der Waals surface area contributed by atoms with E-state index in [1.54, 1.807) is 31.2 Å². The van der Waals surface area contributed by atoms with Crippen LogP contribution in [-0.2, 0) is 6.54 Å². The van der Waals surface area contributed by atoms with Gasteiger partial charge in [0.05, 0.1) is 5.52 Å². The number of aromatic nitrogens is 1. The summed E-state index contributed by atoms with van der Waals surface area (Å²) in [6.45, 7) is -1.26. The van der Waals surface area contributed by atoms with Gasteiger partial charge in [0.2, 0.25) is 0 Å². The zero-order valence-corrected chi connectivity index (χ0v) is 15.8. The fourth-order valence-corrected chi connectivity index (χ4v) is 3.34. The van der Waals surface area contributed by atoms with Gasteiger partial charge in [-0.25, -0.2) is 18.1 Å². The smallest absolute Gasteiger partial charge is 0.408 e. The average Bonchev–Trinajstić information content (AvgIpc) is 3.02. The van der Waals surface area contributed by atoms with Crippen LogP contribution in [0.2, 0.25) is 0 Å². The molecule has 30 heavy (non-hydrogen) atoms. The second-order valence-electron chi connectivity index (χ2n) is 6.78. The predicted octanol–water partition coefficient (Wildman–Crippen LogP) is 5.86. The predicted molar refractivity (Wildman–Crippen MR) is 106 cm³/mol. The van der Waals surface area contributed by atoms with E-state index in [4.69, 9.17) is 4.42 Å². The molecule has 0 saturated heterocycles. The second kappa shape index (κ2) is 7.70. The third-order valence-electron chi connectivity index (χ3n) is 4.88. The summed E-state index contributed by atoms with van der Waals surface area (Å²) in [7, 11) is 0. The molecule has 0 unspecified atom stereocenters. The number of hydrogen-bond acceptors (Lipinski definition) is 3. The number of hydrogen-bond donors (Lipinski definition) is 1. The number of alkyl halides is 2. The first kappa shape index (κ1) is 19.8. The molecule has 3 aromatic carbocycles. The number of nitrogens with zero attached hydrogens (tertiary/aromatic N) is 1. The Hall–Kier alpha value is -3.55. The molecule has 1 heterocycles. The molecule has 1 aromatic heterocycles. The second-order valence-corrected chi connectivity index (χ2v) is 6.78. The minimum absolute atomic E-state index is 0.00725. The molecule has 0 aliphatic rings.